The van der Waals surface area contributed by atoms with Crippen molar-refractivity contribution in [2.45, 2.75) is 24.2 Å². The van der Waals surface area contributed by atoms with Crippen molar-refractivity contribution >= 4 is 33.0 Å². The van der Waals surface area contributed by atoms with Gasteiger partial charge in [0.05, 0.1) is 10.9 Å². The van der Waals surface area contributed by atoms with Crippen LogP contribution in [-0.2, 0) is 23.1 Å². The van der Waals surface area contributed by atoms with E-state index in [1.807, 2.05) is 6.92 Å². The van der Waals surface area contributed by atoms with Crippen molar-refractivity contribution in [1.29, 1.82) is 0 Å². The SMILES string of the molecule is CCn1cnnc1CNS(=O)(=O)c1ccc(Cl)s1. The van der Waals surface area contributed by atoms with Crippen LogP contribution in [0.2, 0.25) is 4.34 Å². The first kappa shape index (κ1) is 13.5. The van der Waals surface area contributed by atoms with Crippen molar-refractivity contribution in [3.63, 3.8) is 0 Å². The number of thiophene rings is 1. The highest BCUT2D eigenvalue weighted by atomic mass is 35.5. The highest BCUT2D eigenvalue weighted by Gasteiger charge is 2.17. The summed E-state index contributed by atoms with van der Waals surface area (Å²) < 4.78 is 28.7. The van der Waals surface area contributed by atoms with Crippen LogP contribution < -0.4 is 4.72 Å². The maximum atomic E-state index is 11.9. The molecule has 98 valence electrons. The van der Waals surface area contributed by atoms with Crippen molar-refractivity contribution in [1.82, 2.24) is 19.5 Å². The Hall–Kier alpha value is -0.960. The lowest BCUT2D eigenvalue weighted by molar-refractivity contribution is 0.577. The second kappa shape index (κ2) is 5.35. The topological polar surface area (TPSA) is 76.9 Å². The first-order valence-electron chi connectivity index (χ1n) is 5.14. The molecule has 0 aromatic carbocycles. The smallest absolute Gasteiger partial charge is 0.250 e. The normalized spacial score (nSPS) is 11.9. The Morgan fingerprint density at radius 3 is 2.89 bits per heavy atom. The molecule has 2 aromatic rings. The predicted octanol–water partition coefficient (Wildman–Crippen LogP) is 1.49. The van der Waals surface area contributed by atoms with E-state index in [0.29, 0.717) is 16.7 Å². The molecule has 0 amide bonds. The molecule has 1 N–H and O–H groups in total. The Morgan fingerprint density at radius 2 is 2.28 bits per heavy atom. The van der Waals surface area contributed by atoms with Crippen LogP contribution in [0.1, 0.15) is 12.7 Å². The summed E-state index contributed by atoms with van der Waals surface area (Å²) >= 11 is 6.73. The number of aryl methyl sites for hydroxylation is 1. The van der Waals surface area contributed by atoms with Gasteiger partial charge in [0.15, 0.2) is 0 Å². The van der Waals surface area contributed by atoms with Crippen LogP contribution in [0, 0.1) is 0 Å². The molecule has 6 nitrogen and oxygen atoms in total. The fourth-order valence-electron chi connectivity index (χ4n) is 1.35. The zero-order valence-electron chi connectivity index (χ0n) is 9.50. The van der Waals surface area contributed by atoms with E-state index >= 15 is 0 Å². The van der Waals surface area contributed by atoms with Gasteiger partial charge in [-0.25, -0.2) is 13.1 Å². The van der Waals surface area contributed by atoms with Gasteiger partial charge in [-0.2, -0.15) is 0 Å². The minimum Gasteiger partial charge on any atom is -0.317 e. The molecule has 0 fully saturated rings. The van der Waals surface area contributed by atoms with Gasteiger partial charge in [-0.1, -0.05) is 11.6 Å². The van der Waals surface area contributed by atoms with Crippen LogP contribution in [0.5, 0.6) is 0 Å². The average molecular weight is 307 g/mol. The maximum Gasteiger partial charge on any atom is 0.250 e. The molecule has 0 radical (unpaired) electrons. The third-order valence-electron chi connectivity index (χ3n) is 2.27. The van der Waals surface area contributed by atoms with Crippen LogP contribution in [0.3, 0.4) is 0 Å². The largest absolute Gasteiger partial charge is 0.317 e. The van der Waals surface area contributed by atoms with Crippen LogP contribution in [-0.4, -0.2) is 23.2 Å². The summed E-state index contributed by atoms with van der Waals surface area (Å²) in [5, 5.41) is 7.58. The van der Waals surface area contributed by atoms with Crippen LogP contribution >= 0.6 is 22.9 Å². The van der Waals surface area contributed by atoms with Gasteiger partial charge < -0.3 is 4.57 Å². The van der Waals surface area contributed by atoms with Crippen LogP contribution in [0.15, 0.2) is 22.7 Å². The standard InChI is InChI=1S/C9H11ClN4O2S2/c1-2-14-6-11-13-8(14)5-12-18(15,16)9-4-3-7(10)17-9/h3-4,6,12H,2,5H2,1H3. The van der Waals surface area contributed by atoms with Crippen molar-refractivity contribution in [3.8, 4) is 0 Å². The summed E-state index contributed by atoms with van der Waals surface area (Å²) in [5.41, 5.74) is 0. The molecule has 2 rings (SSSR count). The lowest BCUT2D eigenvalue weighted by Crippen LogP contribution is -2.24. The van der Waals surface area contributed by atoms with E-state index < -0.39 is 10.0 Å². The Balaban J connectivity index is 2.10. The quantitative estimate of drug-likeness (QED) is 0.908. The number of aromatic nitrogens is 3. The molecular weight excluding hydrogens is 296 g/mol. The molecule has 18 heavy (non-hydrogen) atoms. The third-order valence-corrected chi connectivity index (χ3v) is 5.39. The Labute approximate surface area is 114 Å². The van der Waals surface area contributed by atoms with E-state index in [4.69, 9.17) is 11.6 Å². The van der Waals surface area contributed by atoms with Gasteiger partial charge in [-0.15, -0.1) is 21.5 Å². The molecular formula is C9H11ClN4O2S2. The van der Waals surface area contributed by atoms with Crippen molar-refractivity contribution in [2.24, 2.45) is 0 Å². The third kappa shape index (κ3) is 2.89. The Kier molecular flexibility index (Phi) is 4.00. The Bertz CT molecular complexity index is 635. The van der Waals surface area contributed by atoms with Crippen molar-refractivity contribution < 1.29 is 8.42 Å². The zero-order valence-corrected chi connectivity index (χ0v) is 11.9. The second-order valence-corrected chi connectivity index (χ2v) is 7.13. The van der Waals surface area contributed by atoms with Gasteiger partial charge >= 0.3 is 0 Å². The molecule has 0 aliphatic carbocycles. The lowest BCUT2D eigenvalue weighted by atomic mass is 10.6. The maximum absolute atomic E-state index is 11.9. The number of nitrogens with one attached hydrogen (secondary N) is 1. The molecule has 0 aliphatic rings. The number of hydrogen-bond donors (Lipinski definition) is 1. The number of rotatable bonds is 5. The molecule has 2 heterocycles. The first-order chi connectivity index (χ1) is 8.53. The highest BCUT2D eigenvalue weighted by molar-refractivity contribution is 7.91. The molecule has 0 spiro atoms. The molecule has 0 saturated heterocycles. The minimum absolute atomic E-state index is 0.103. The molecule has 0 unspecified atom stereocenters. The molecule has 0 atom stereocenters. The molecule has 9 heteroatoms. The monoisotopic (exact) mass is 306 g/mol. The Morgan fingerprint density at radius 1 is 1.50 bits per heavy atom. The summed E-state index contributed by atoms with van der Waals surface area (Å²) in [6.07, 6.45) is 1.56. The van der Waals surface area contributed by atoms with Crippen LogP contribution in [0.25, 0.3) is 0 Å². The van der Waals surface area contributed by atoms with Gasteiger partial charge in [0.2, 0.25) is 0 Å². The lowest BCUT2D eigenvalue weighted by Gasteiger charge is -2.05. The van der Waals surface area contributed by atoms with Crippen molar-refractivity contribution in [2.75, 3.05) is 0 Å². The van der Waals surface area contributed by atoms with Gasteiger partial charge in [0.25, 0.3) is 10.0 Å². The van der Waals surface area contributed by atoms with E-state index in [2.05, 4.69) is 14.9 Å². The van der Waals surface area contributed by atoms with Gasteiger partial charge in [-0.3, -0.25) is 0 Å². The number of hydrogen-bond acceptors (Lipinski definition) is 5. The molecule has 0 saturated carbocycles. The average Bonchev–Trinajstić information content (AvgIpc) is 2.94. The second-order valence-electron chi connectivity index (χ2n) is 3.42. The van der Waals surface area contributed by atoms with E-state index in [1.165, 1.54) is 6.07 Å². The van der Waals surface area contributed by atoms with E-state index in [9.17, 15) is 8.42 Å². The summed E-state index contributed by atoms with van der Waals surface area (Å²) in [6, 6.07) is 3.02. The minimum atomic E-state index is -3.54. The van der Waals surface area contributed by atoms with E-state index in [-0.39, 0.29) is 10.8 Å². The van der Waals surface area contributed by atoms with Crippen molar-refractivity contribution in [3.05, 3.63) is 28.6 Å². The fraction of sp³-hybridized carbons (Fsp3) is 0.333. The number of sulfonamides is 1. The summed E-state index contributed by atoms with van der Waals surface area (Å²) in [4.78, 5) is 0. The fourth-order valence-corrected chi connectivity index (χ4v) is 3.86. The van der Waals surface area contributed by atoms with E-state index in [1.54, 1.807) is 17.0 Å². The molecule has 0 bridgehead atoms. The van der Waals surface area contributed by atoms with Gasteiger partial charge in [-0.05, 0) is 19.1 Å². The molecule has 0 aliphatic heterocycles. The predicted molar refractivity (Wildman–Crippen MR) is 69.1 cm³/mol. The highest BCUT2D eigenvalue weighted by Crippen LogP contribution is 2.25. The van der Waals surface area contributed by atoms with Gasteiger partial charge in [0.1, 0.15) is 16.4 Å². The zero-order chi connectivity index (χ0) is 13.2. The first-order valence-corrected chi connectivity index (χ1v) is 7.82. The number of nitrogens with zero attached hydrogens (tertiary/aromatic N) is 3. The molecule has 2 aromatic heterocycles. The summed E-state index contributed by atoms with van der Waals surface area (Å²) in [6.45, 7) is 2.72. The van der Waals surface area contributed by atoms with Gasteiger partial charge in [0, 0.05) is 6.54 Å². The van der Waals surface area contributed by atoms with Crippen LogP contribution in [0.4, 0.5) is 0 Å². The number of halogens is 1. The summed E-state index contributed by atoms with van der Waals surface area (Å²) in [5.74, 6) is 0.573. The summed E-state index contributed by atoms with van der Waals surface area (Å²) in [7, 11) is -3.54. The van der Waals surface area contributed by atoms with E-state index in [0.717, 1.165) is 11.3 Å².